The van der Waals surface area contributed by atoms with Crippen LogP contribution in [0.25, 0.3) is 11.5 Å². The van der Waals surface area contributed by atoms with Crippen molar-refractivity contribution in [2.45, 2.75) is 59.7 Å². The zero-order chi connectivity index (χ0) is 20.7. The number of nitrogens with zero attached hydrogens (tertiary/aromatic N) is 8. The molecule has 0 N–H and O–H groups in total. The van der Waals surface area contributed by atoms with Crippen LogP contribution in [0.4, 0.5) is 0 Å². The minimum atomic E-state index is 0.142. The first-order valence-electron chi connectivity index (χ1n) is 10.1. The first-order chi connectivity index (χ1) is 13.8. The number of carbonyl (C=O) groups excluding carboxylic acids is 1. The van der Waals surface area contributed by atoms with Crippen LogP contribution in [0.3, 0.4) is 0 Å². The molecule has 0 saturated carbocycles. The highest BCUT2D eigenvalue weighted by Gasteiger charge is 2.29. The van der Waals surface area contributed by atoms with Crippen molar-refractivity contribution in [3.05, 3.63) is 35.0 Å². The van der Waals surface area contributed by atoms with Crippen LogP contribution < -0.4 is 0 Å². The summed E-state index contributed by atoms with van der Waals surface area (Å²) in [7, 11) is 1.96. The van der Waals surface area contributed by atoms with E-state index in [0.717, 1.165) is 34.9 Å². The molecule has 0 spiro atoms. The molecular formula is C20H28N8O. The summed E-state index contributed by atoms with van der Waals surface area (Å²) in [5, 5.41) is 17.6. The molecule has 0 unspecified atom stereocenters. The third-order valence-corrected chi connectivity index (χ3v) is 5.58. The third-order valence-electron chi connectivity index (χ3n) is 5.58. The lowest BCUT2D eigenvalue weighted by atomic mass is 10.0. The Hall–Kier alpha value is -2.97. The molecule has 0 saturated heterocycles. The smallest absolute Gasteiger partial charge is 0.224 e. The van der Waals surface area contributed by atoms with E-state index in [2.05, 4.69) is 29.1 Å². The molecule has 0 aliphatic carbocycles. The lowest BCUT2D eigenvalue weighted by molar-refractivity contribution is -0.132. The highest BCUT2D eigenvalue weighted by Crippen LogP contribution is 2.30. The van der Waals surface area contributed by atoms with Crippen LogP contribution in [0, 0.1) is 13.8 Å². The highest BCUT2D eigenvalue weighted by molar-refractivity contribution is 5.77. The van der Waals surface area contributed by atoms with E-state index in [-0.39, 0.29) is 11.9 Å². The van der Waals surface area contributed by atoms with Gasteiger partial charge in [-0.1, -0.05) is 0 Å². The quantitative estimate of drug-likeness (QED) is 0.659. The largest absolute Gasteiger partial charge is 0.338 e. The van der Waals surface area contributed by atoms with Gasteiger partial charge in [0.25, 0.3) is 0 Å². The van der Waals surface area contributed by atoms with Crippen LogP contribution in [0.15, 0.2) is 12.4 Å². The van der Waals surface area contributed by atoms with Crippen LogP contribution in [-0.2, 0) is 31.4 Å². The van der Waals surface area contributed by atoms with Gasteiger partial charge >= 0.3 is 0 Å². The fraction of sp³-hybridized carbons (Fsp3) is 0.550. The fourth-order valence-electron chi connectivity index (χ4n) is 4.04. The van der Waals surface area contributed by atoms with Gasteiger partial charge in [-0.15, -0.1) is 10.2 Å². The summed E-state index contributed by atoms with van der Waals surface area (Å²) in [4.78, 5) is 14.8. The predicted octanol–water partition coefficient (Wildman–Crippen LogP) is 2.05. The lowest BCUT2D eigenvalue weighted by Gasteiger charge is -2.28. The van der Waals surface area contributed by atoms with Crippen LogP contribution in [0.2, 0.25) is 0 Å². The Bertz CT molecular complexity index is 1040. The van der Waals surface area contributed by atoms with Gasteiger partial charge in [0.05, 0.1) is 5.69 Å². The van der Waals surface area contributed by atoms with Crippen molar-refractivity contribution in [3.63, 3.8) is 0 Å². The number of aryl methyl sites for hydroxylation is 4. The zero-order valence-corrected chi connectivity index (χ0v) is 17.8. The Labute approximate surface area is 170 Å². The van der Waals surface area contributed by atoms with Crippen molar-refractivity contribution in [2.75, 3.05) is 6.54 Å². The van der Waals surface area contributed by atoms with Crippen molar-refractivity contribution in [1.29, 1.82) is 0 Å². The second-order valence-electron chi connectivity index (χ2n) is 8.02. The van der Waals surface area contributed by atoms with E-state index in [4.69, 9.17) is 5.10 Å². The maximum absolute atomic E-state index is 12.9. The van der Waals surface area contributed by atoms with Crippen molar-refractivity contribution < 1.29 is 4.79 Å². The van der Waals surface area contributed by atoms with Crippen molar-refractivity contribution >= 4 is 5.91 Å². The molecule has 1 amide bonds. The number of hydrogen-bond donors (Lipinski definition) is 0. The van der Waals surface area contributed by atoms with Crippen molar-refractivity contribution in [2.24, 2.45) is 7.05 Å². The molecule has 3 aromatic heterocycles. The molecule has 0 aromatic carbocycles. The standard InChI is InChI=1S/C20H28N8O/c1-13(2)27-12-21-22-20(27)19-16-11-26(8-6-17(16)25(5)24-19)18(29)7-9-28-15(4)10-14(3)23-28/h10,12-13H,6-9,11H2,1-5H3. The zero-order valence-electron chi connectivity index (χ0n) is 17.8. The summed E-state index contributed by atoms with van der Waals surface area (Å²) in [6, 6.07) is 2.27. The molecule has 9 heteroatoms. The van der Waals surface area contributed by atoms with Crippen LogP contribution in [-0.4, -0.2) is 51.7 Å². The van der Waals surface area contributed by atoms with E-state index in [1.54, 1.807) is 6.33 Å². The second-order valence-corrected chi connectivity index (χ2v) is 8.02. The van der Waals surface area contributed by atoms with Gasteiger partial charge in [-0.2, -0.15) is 10.2 Å². The van der Waals surface area contributed by atoms with Crippen LogP contribution in [0.1, 0.15) is 49.0 Å². The Morgan fingerprint density at radius 1 is 1.24 bits per heavy atom. The number of rotatable bonds is 5. The Kier molecular flexibility index (Phi) is 4.97. The lowest BCUT2D eigenvalue weighted by Crippen LogP contribution is -2.36. The first-order valence-corrected chi connectivity index (χ1v) is 10.1. The number of fused-ring (bicyclic) bond motifs is 1. The topological polar surface area (TPSA) is 86.7 Å². The Morgan fingerprint density at radius 3 is 2.72 bits per heavy atom. The van der Waals surface area contributed by atoms with E-state index in [1.165, 1.54) is 5.69 Å². The molecular weight excluding hydrogens is 368 g/mol. The molecule has 9 nitrogen and oxygen atoms in total. The fourth-order valence-corrected chi connectivity index (χ4v) is 4.04. The molecule has 1 aliphatic rings. The Balaban J connectivity index is 1.54. The predicted molar refractivity (Wildman–Crippen MR) is 108 cm³/mol. The monoisotopic (exact) mass is 396 g/mol. The van der Waals surface area contributed by atoms with Gasteiger partial charge in [0.1, 0.15) is 12.0 Å². The van der Waals surface area contributed by atoms with E-state index in [1.807, 2.05) is 45.8 Å². The first kappa shape index (κ1) is 19.4. The summed E-state index contributed by atoms with van der Waals surface area (Å²) in [6.07, 6.45) is 2.97. The number of carbonyl (C=O) groups is 1. The normalized spacial score (nSPS) is 13.9. The SMILES string of the molecule is Cc1cc(C)n(CCC(=O)N2CCc3c(c(-c4nncn4C(C)C)nn3C)C2)n1. The molecule has 154 valence electrons. The third kappa shape index (κ3) is 3.56. The average Bonchev–Trinajstić information content (AvgIpc) is 3.37. The molecule has 0 fully saturated rings. The summed E-state index contributed by atoms with van der Waals surface area (Å²) in [5.74, 6) is 0.900. The van der Waals surface area contributed by atoms with Gasteiger partial charge in [-0.25, -0.2) is 0 Å². The van der Waals surface area contributed by atoms with E-state index < -0.39 is 0 Å². The maximum Gasteiger partial charge on any atom is 0.224 e. The molecule has 0 atom stereocenters. The van der Waals surface area contributed by atoms with Crippen LogP contribution >= 0.6 is 0 Å². The van der Waals surface area contributed by atoms with E-state index in [0.29, 0.717) is 26.1 Å². The maximum atomic E-state index is 12.9. The number of hydrogen-bond acceptors (Lipinski definition) is 5. The van der Waals surface area contributed by atoms with Crippen molar-refractivity contribution in [1.82, 2.24) is 39.2 Å². The van der Waals surface area contributed by atoms with Gasteiger partial charge in [0.2, 0.25) is 5.91 Å². The van der Waals surface area contributed by atoms with Gasteiger partial charge in [-0.05, 0) is 33.8 Å². The van der Waals surface area contributed by atoms with Crippen LogP contribution in [0.5, 0.6) is 0 Å². The molecule has 1 aliphatic heterocycles. The molecule has 4 rings (SSSR count). The molecule has 29 heavy (non-hydrogen) atoms. The number of amides is 1. The Morgan fingerprint density at radius 2 is 2.03 bits per heavy atom. The average molecular weight is 396 g/mol. The number of aromatic nitrogens is 7. The van der Waals surface area contributed by atoms with Crippen molar-refractivity contribution in [3.8, 4) is 11.5 Å². The van der Waals surface area contributed by atoms with E-state index in [9.17, 15) is 4.79 Å². The van der Waals surface area contributed by atoms with Gasteiger partial charge < -0.3 is 9.47 Å². The minimum absolute atomic E-state index is 0.142. The summed E-state index contributed by atoms with van der Waals surface area (Å²) < 4.78 is 5.84. The van der Waals surface area contributed by atoms with Gasteiger partial charge in [-0.3, -0.25) is 14.2 Å². The second kappa shape index (κ2) is 7.46. The molecule has 0 bridgehead atoms. The minimum Gasteiger partial charge on any atom is -0.338 e. The summed E-state index contributed by atoms with van der Waals surface area (Å²) in [5.41, 5.74) is 5.13. The summed E-state index contributed by atoms with van der Waals surface area (Å²) in [6.45, 7) is 10.0. The highest BCUT2D eigenvalue weighted by atomic mass is 16.2. The molecule has 0 radical (unpaired) electrons. The van der Waals surface area contributed by atoms with Gasteiger partial charge in [0, 0.05) is 62.5 Å². The van der Waals surface area contributed by atoms with E-state index >= 15 is 0 Å². The molecule has 4 heterocycles. The molecule has 3 aromatic rings. The summed E-state index contributed by atoms with van der Waals surface area (Å²) >= 11 is 0. The van der Waals surface area contributed by atoms with Gasteiger partial charge in [0.15, 0.2) is 5.82 Å².